The summed E-state index contributed by atoms with van der Waals surface area (Å²) in [7, 11) is 0. The van der Waals surface area contributed by atoms with Crippen molar-refractivity contribution in [2.75, 3.05) is 31.2 Å². The largest absolute Gasteiger partial charge is 0.485 e. The number of para-hydroxylation sites is 1. The first-order valence-corrected chi connectivity index (χ1v) is 11.5. The van der Waals surface area contributed by atoms with Crippen molar-refractivity contribution in [3.8, 4) is 11.5 Å². The molecule has 2 amide bonds. The van der Waals surface area contributed by atoms with Crippen molar-refractivity contribution >= 4 is 23.3 Å². The standard InChI is InChI=1S/C26H30N2O5/c1-17-5-3-6-18(2)26(17)33-15-22(29)20-10-11-23-21(13-20)28(25(31)16-32-23)12-4-7-24(30)27-14-19-8-9-19/h3,5-6,10-11,13,19H,4,7-9,12,14-16H2,1-2H3,(H,27,30). The smallest absolute Gasteiger partial charge is 0.265 e. The molecule has 0 unspecified atom stereocenters. The molecular formula is C26H30N2O5. The number of amides is 2. The van der Waals surface area contributed by atoms with Gasteiger partial charge < -0.3 is 19.7 Å². The fourth-order valence-electron chi connectivity index (χ4n) is 3.93. The molecule has 0 aromatic heterocycles. The minimum Gasteiger partial charge on any atom is -0.485 e. The Morgan fingerprint density at radius 2 is 1.91 bits per heavy atom. The van der Waals surface area contributed by atoms with Crippen LogP contribution < -0.4 is 19.7 Å². The minimum absolute atomic E-state index is 0.00964. The van der Waals surface area contributed by atoms with Crippen molar-refractivity contribution in [3.63, 3.8) is 0 Å². The Hall–Kier alpha value is -3.35. The molecule has 7 nitrogen and oxygen atoms in total. The number of nitrogens with one attached hydrogen (secondary N) is 1. The lowest BCUT2D eigenvalue weighted by Crippen LogP contribution is -2.40. The summed E-state index contributed by atoms with van der Waals surface area (Å²) in [5, 5.41) is 2.95. The molecule has 0 spiro atoms. The molecule has 1 heterocycles. The number of aryl methyl sites for hydroxylation is 2. The van der Waals surface area contributed by atoms with E-state index in [1.165, 1.54) is 12.8 Å². The van der Waals surface area contributed by atoms with Gasteiger partial charge in [0.25, 0.3) is 5.91 Å². The highest BCUT2D eigenvalue weighted by Crippen LogP contribution is 2.33. The number of rotatable bonds is 10. The summed E-state index contributed by atoms with van der Waals surface area (Å²) < 4.78 is 11.4. The molecule has 4 rings (SSSR count). The van der Waals surface area contributed by atoms with Gasteiger partial charge in [0.05, 0.1) is 5.69 Å². The van der Waals surface area contributed by atoms with E-state index in [9.17, 15) is 14.4 Å². The van der Waals surface area contributed by atoms with Gasteiger partial charge in [-0.2, -0.15) is 0 Å². The van der Waals surface area contributed by atoms with E-state index >= 15 is 0 Å². The van der Waals surface area contributed by atoms with Crippen LogP contribution in [-0.2, 0) is 9.59 Å². The zero-order valence-electron chi connectivity index (χ0n) is 19.2. The number of nitrogens with zero attached hydrogens (tertiary/aromatic N) is 1. The van der Waals surface area contributed by atoms with Gasteiger partial charge in [0, 0.05) is 25.1 Å². The molecule has 2 aliphatic rings. The van der Waals surface area contributed by atoms with Gasteiger partial charge in [-0.1, -0.05) is 18.2 Å². The summed E-state index contributed by atoms with van der Waals surface area (Å²) in [6.07, 6.45) is 3.27. The molecule has 1 saturated carbocycles. The van der Waals surface area contributed by atoms with E-state index in [2.05, 4.69) is 5.32 Å². The zero-order chi connectivity index (χ0) is 23.4. The van der Waals surface area contributed by atoms with Crippen molar-refractivity contribution in [2.45, 2.75) is 39.5 Å². The molecule has 2 aromatic rings. The van der Waals surface area contributed by atoms with Crippen LogP contribution in [0.25, 0.3) is 0 Å². The van der Waals surface area contributed by atoms with Crippen molar-refractivity contribution in [3.05, 3.63) is 53.1 Å². The van der Waals surface area contributed by atoms with E-state index < -0.39 is 0 Å². The average molecular weight is 451 g/mol. The third kappa shape index (κ3) is 5.72. The van der Waals surface area contributed by atoms with Gasteiger partial charge in [0.1, 0.15) is 11.5 Å². The molecule has 1 N–H and O–H groups in total. The molecule has 1 aliphatic heterocycles. The van der Waals surface area contributed by atoms with E-state index in [0.29, 0.717) is 48.1 Å². The second kappa shape index (κ2) is 10.1. The molecular weight excluding hydrogens is 420 g/mol. The van der Waals surface area contributed by atoms with Crippen LogP contribution in [0.15, 0.2) is 36.4 Å². The van der Waals surface area contributed by atoms with E-state index in [4.69, 9.17) is 9.47 Å². The maximum Gasteiger partial charge on any atom is 0.265 e. The van der Waals surface area contributed by atoms with Gasteiger partial charge in [-0.25, -0.2) is 0 Å². The molecule has 7 heteroatoms. The number of carbonyl (C=O) groups excluding carboxylic acids is 3. The molecule has 1 fully saturated rings. The lowest BCUT2D eigenvalue weighted by atomic mass is 10.1. The van der Waals surface area contributed by atoms with Gasteiger partial charge in [0.15, 0.2) is 19.0 Å². The Labute approximate surface area is 194 Å². The second-order valence-corrected chi connectivity index (χ2v) is 8.80. The molecule has 33 heavy (non-hydrogen) atoms. The Bertz CT molecular complexity index is 1040. The summed E-state index contributed by atoms with van der Waals surface area (Å²) in [5.41, 5.74) is 2.95. The highest BCUT2D eigenvalue weighted by molar-refractivity contribution is 6.02. The van der Waals surface area contributed by atoms with Crippen LogP contribution in [-0.4, -0.2) is 43.9 Å². The van der Waals surface area contributed by atoms with Crippen molar-refractivity contribution in [1.29, 1.82) is 0 Å². The quantitative estimate of drug-likeness (QED) is 0.559. The van der Waals surface area contributed by atoms with Crippen molar-refractivity contribution in [1.82, 2.24) is 5.32 Å². The highest BCUT2D eigenvalue weighted by atomic mass is 16.5. The number of benzene rings is 2. The SMILES string of the molecule is Cc1cccc(C)c1OCC(=O)c1ccc2c(c1)N(CCCC(=O)NCC1CC1)C(=O)CO2. The number of Topliss-reactive ketones (excluding diaryl/α,β-unsaturated/α-hetero) is 1. The Balaban J connectivity index is 1.39. The average Bonchev–Trinajstić information content (AvgIpc) is 3.63. The molecule has 1 aliphatic carbocycles. The van der Waals surface area contributed by atoms with Gasteiger partial charge in [0.2, 0.25) is 5.91 Å². The molecule has 0 saturated heterocycles. The molecule has 0 bridgehead atoms. The summed E-state index contributed by atoms with van der Waals surface area (Å²) >= 11 is 0. The van der Waals surface area contributed by atoms with Crippen LogP contribution in [0.2, 0.25) is 0 Å². The number of carbonyl (C=O) groups is 3. The van der Waals surface area contributed by atoms with Crippen molar-refractivity contribution < 1.29 is 23.9 Å². The van der Waals surface area contributed by atoms with Gasteiger partial charge in [-0.05, 0) is 68.4 Å². The summed E-state index contributed by atoms with van der Waals surface area (Å²) in [5.74, 6) is 1.55. The minimum atomic E-state index is -0.183. The Morgan fingerprint density at radius 3 is 2.64 bits per heavy atom. The fourth-order valence-corrected chi connectivity index (χ4v) is 3.93. The second-order valence-electron chi connectivity index (χ2n) is 8.80. The summed E-state index contributed by atoms with van der Waals surface area (Å²) in [6, 6.07) is 10.9. The topological polar surface area (TPSA) is 84.9 Å². The van der Waals surface area contributed by atoms with E-state index in [-0.39, 0.29) is 30.8 Å². The molecule has 174 valence electrons. The lowest BCUT2D eigenvalue weighted by Gasteiger charge is -2.29. The number of hydrogen-bond donors (Lipinski definition) is 1. The number of anilines is 1. The van der Waals surface area contributed by atoms with Crippen LogP contribution in [0, 0.1) is 19.8 Å². The van der Waals surface area contributed by atoms with Crippen molar-refractivity contribution in [2.24, 2.45) is 5.92 Å². The molecule has 0 atom stereocenters. The summed E-state index contributed by atoms with van der Waals surface area (Å²) in [4.78, 5) is 39.0. The number of ketones is 1. The number of fused-ring (bicyclic) bond motifs is 1. The maximum absolute atomic E-state index is 12.8. The van der Waals surface area contributed by atoms with Crippen LogP contribution in [0.3, 0.4) is 0 Å². The van der Waals surface area contributed by atoms with E-state index in [1.807, 2.05) is 32.0 Å². The van der Waals surface area contributed by atoms with Crippen LogP contribution in [0.4, 0.5) is 5.69 Å². The molecule has 0 radical (unpaired) electrons. The van der Waals surface area contributed by atoms with Gasteiger partial charge in [-0.3, -0.25) is 14.4 Å². The first-order valence-electron chi connectivity index (χ1n) is 11.5. The van der Waals surface area contributed by atoms with Crippen LogP contribution in [0.1, 0.15) is 47.2 Å². The third-order valence-corrected chi connectivity index (χ3v) is 6.05. The zero-order valence-corrected chi connectivity index (χ0v) is 19.2. The van der Waals surface area contributed by atoms with E-state index in [1.54, 1.807) is 23.1 Å². The summed E-state index contributed by atoms with van der Waals surface area (Å²) in [6.45, 7) is 4.87. The molecule has 2 aromatic carbocycles. The Kier molecular flexibility index (Phi) is 6.96. The van der Waals surface area contributed by atoms with Gasteiger partial charge in [-0.15, -0.1) is 0 Å². The number of hydrogen-bond acceptors (Lipinski definition) is 5. The van der Waals surface area contributed by atoms with Crippen LogP contribution in [0.5, 0.6) is 11.5 Å². The third-order valence-electron chi connectivity index (χ3n) is 6.05. The highest BCUT2D eigenvalue weighted by Gasteiger charge is 2.27. The Morgan fingerprint density at radius 1 is 1.15 bits per heavy atom. The number of ether oxygens (including phenoxy) is 2. The monoisotopic (exact) mass is 450 g/mol. The van der Waals surface area contributed by atoms with Gasteiger partial charge >= 0.3 is 0 Å². The maximum atomic E-state index is 12.8. The first kappa shape index (κ1) is 22.8. The predicted octanol–water partition coefficient (Wildman–Crippen LogP) is 3.60. The fraction of sp³-hybridized carbons (Fsp3) is 0.423. The van der Waals surface area contributed by atoms with Crippen LogP contribution >= 0.6 is 0 Å². The predicted molar refractivity (Wildman–Crippen MR) is 125 cm³/mol. The lowest BCUT2D eigenvalue weighted by molar-refractivity contribution is -0.122. The first-order chi connectivity index (χ1) is 15.9. The normalized spacial score (nSPS) is 15.0. The van der Waals surface area contributed by atoms with E-state index in [0.717, 1.165) is 17.7 Å².